The summed E-state index contributed by atoms with van der Waals surface area (Å²) in [6.07, 6.45) is 8.04. The van der Waals surface area contributed by atoms with E-state index < -0.39 is 0 Å². The second kappa shape index (κ2) is 7.62. The lowest BCUT2D eigenvalue weighted by Crippen LogP contribution is -2.10. The molecule has 1 fully saturated rings. The van der Waals surface area contributed by atoms with E-state index in [4.69, 9.17) is 4.74 Å². The molecule has 1 N–H and O–H groups in total. The van der Waals surface area contributed by atoms with Crippen LogP contribution in [0, 0.1) is 12.8 Å². The van der Waals surface area contributed by atoms with Crippen molar-refractivity contribution < 1.29 is 9.53 Å². The highest BCUT2D eigenvalue weighted by molar-refractivity contribution is 7.10. The molecule has 0 bridgehead atoms. The van der Waals surface area contributed by atoms with Gasteiger partial charge in [0.25, 0.3) is 0 Å². The maximum absolute atomic E-state index is 11.9. The van der Waals surface area contributed by atoms with Crippen LogP contribution in [0.1, 0.15) is 61.5 Å². The number of rotatable bonds is 7. The molecule has 5 heteroatoms. The van der Waals surface area contributed by atoms with Crippen molar-refractivity contribution in [3.8, 4) is 0 Å². The lowest BCUT2D eigenvalue weighted by Gasteiger charge is -2.10. The number of carbonyl (C=O) groups is 1. The van der Waals surface area contributed by atoms with Gasteiger partial charge < -0.3 is 10.1 Å². The van der Waals surface area contributed by atoms with E-state index in [0.29, 0.717) is 12.2 Å². The van der Waals surface area contributed by atoms with Crippen LogP contribution in [0.2, 0.25) is 0 Å². The molecule has 1 aliphatic carbocycles. The average Bonchev–Trinajstić information content (AvgIpc) is 3.05. The van der Waals surface area contributed by atoms with Crippen molar-refractivity contribution in [3.63, 3.8) is 0 Å². The fraction of sp³-hybridized carbons (Fsp3) is 0.733. The molecule has 0 aromatic carbocycles. The average molecular weight is 296 g/mol. The summed E-state index contributed by atoms with van der Waals surface area (Å²) in [4.78, 5) is 11.9. The Labute approximate surface area is 125 Å². The van der Waals surface area contributed by atoms with Crippen LogP contribution in [0.3, 0.4) is 0 Å². The fourth-order valence-corrected chi connectivity index (χ4v) is 3.63. The van der Waals surface area contributed by atoms with E-state index in [-0.39, 0.29) is 5.97 Å². The lowest BCUT2D eigenvalue weighted by atomic mass is 10.0. The SMILES string of the molecule is CCOC(=O)c1c(C)nsc1NCCCC1CCCC1. The van der Waals surface area contributed by atoms with Crippen LogP contribution >= 0.6 is 11.5 Å². The second-order valence-corrected chi connectivity index (χ2v) is 6.19. The number of aromatic nitrogens is 1. The van der Waals surface area contributed by atoms with Gasteiger partial charge in [-0.25, -0.2) is 4.79 Å². The van der Waals surface area contributed by atoms with Crippen LogP contribution < -0.4 is 5.32 Å². The van der Waals surface area contributed by atoms with Crippen LogP contribution in [0.15, 0.2) is 0 Å². The third-order valence-electron chi connectivity index (χ3n) is 3.89. The first-order chi connectivity index (χ1) is 9.72. The molecule has 1 aromatic heterocycles. The van der Waals surface area contributed by atoms with E-state index in [1.807, 2.05) is 13.8 Å². The number of aryl methyl sites for hydroxylation is 1. The quantitative estimate of drug-likeness (QED) is 0.610. The van der Waals surface area contributed by atoms with Gasteiger partial charge >= 0.3 is 5.97 Å². The number of anilines is 1. The molecule has 0 unspecified atom stereocenters. The molecule has 1 aromatic rings. The molecule has 0 atom stereocenters. The Kier molecular flexibility index (Phi) is 5.83. The van der Waals surface area contributed by atoms with Crippen molar-refractivity contribution in [2.75, 3.05) is 18.5 Å². The number of esters is 1. The zero-order valence-corrected chi connectivity index (χ0v) is 13.2. The van der Waals surface area contributed by atoms with Crippen LogP contribution in [0.4, 0.5) is 5.00 Å². The Balaban J connectivity index is 1.81. The normalized spacial score (nSPS) is 15.5. The van der Waals surface area contributed by atoms with E-state index in [1.54, 1.807) is 0 Å². The lowest BCUT2D eigenvalue weighted by molar-refractivity contribution is 0.0527. The molecule has 0 radical (unpaired) electrons. The largest absolute Gasteiger partial charge is 0.462 e. The monoisotopic (exact) mass is 296 g/mol. The summed E-state index contributed by atoms with van der Waals surface area (Å²) in [7, 11) is 0. The summed E-state index contributed by atoms with van der Waals surface area (Å²) < 4.78 is 9.34. The standard InChI is InChI=1S/C15H24N2O2S/c1-3-19-15(18)13-11(2)17-20-14(13)16-10-6-9-12-7-4-5-8-12/h12,16H,3-10H2,1-2H3. The van der Waals surface area contributed by atoms with Gasteiger partial charge in [0.1, 0.15) is 10.6 Å². The van der Waals surface area contributed by atoms with Crippen molar-refractivity contribution in [2.45, 2.75) is 52.4 Å². The highest BCUT2D eigenvalue weighted by Crippen LogP contribution is 2.29. The number of nitrogens with zero attached hydrogens (tertiary/aromatic N) is 1. The molecular weight excluding hydrogens is 272 g/mol. The summed E-state index contributed by atoms with van der Waals surface area (Å²) >= 11 is 1.35. The van der Waals surface area contributed by atoms with E-state index in [1.165, 1.54) is 43.6 Å². The first kappa shape index (κ1) is 15.3. The summed E-state index contributed by atoms with van der Waals surface area (Å²) in [5.74, 6) is 0.654. The maximum Gasteiger partial charge on any atom is 0.343 e. The van der Waals surface area contributed by atoms with Gasteiger partial charge in [0.05, 0.1) is 12.3 Å². The molecule has 0 saturated heterocycles. The molecule has 112 valence electrons. The highest BCUT2D eigenvalue weighted by atomic mass is 32.1. The van der Waals surface area contributed by atoms with Gasteiger partial charge in [0, 0.05) is 6.54 Å². The molecule has 1 heterocycles. The topological polar surface area (TPSA) is 51.2 Å². The highest BCUT2D eigenvalue weighted by Gasteiger charge is 2.19. The van der Waals surface area contributed by atoms with Crippen LogP contribution in [0.5, 0.6) is 0 Å². The first-order valence-corrected chi connectivity index (χ1v) is 8.37. The van der Waals surface area contributed by atoms with Crippen molar-refractivity contribution in [2.24, 2.45) is 5.92 Å². The Hall–Kier alpha value is -1.10. The van der Waals surface area contributed by atoms with Crippen molar-refractivity contribution >= 4 is 22.5 Å². The maximum atomic E-state index is 11.9. The number of hydrogen-bond donors (Lipinski definition) is 1. The van der Waals surface area contributed by atoms with Crippen molar-refractivity contribution in [3.05, 3.63) is 11.3 Å². The molecular formula is C15H24N2O2S. The minimum absolute atomic E-state index is 0.267. The molecule has 2 rings (SSSR count). The van der Waals surface area contributed by atoms with Crippen LogP contribution in [-0.2, 0) is 4.74 Å². The Morgan fingerprint density at radius 2 is 2.20 bits per heavy atom. The number of hydrogen-bond acceptors (Lipinski definition) is 5. The smallest absolute Gasteiger partial charge is 0.343 e. The molecule has 0 aliphatic heterocycles. The van der Waals surface area contributed by atoms with E-state index in [0.717, 1.165) is 29.6 Å². The molecule has 20 heavy (non-hydrogen) atoms. The molecule has 1 aliphatic rings. The van der Waals surface area contributed by atoms with Gasteiger partial charge in [-0.3, -0.25) is 0 Å². The predicted octanol–water partition coefficient (Wildman–Crippen LogP) is 4.01. The second-order valence-electron chi connectivity index (χ2n) is 5.41. The molecule has 4 nitrogen and oxygen atoms in total. The van der Waals surface area contributed by atoms with Gasteiger partial charge in [0.2, 0.25) is 0 Å². The Morgan fingerprint density at radius 1 is 1.45 bits per heavy atom. The fourth-order valence-electron chi connectivity index (χ4n) is 2.83. The summed E-state index contributed by atoms with van der Waals surface area (Å²) in [5.41, 5.74) is 1.37. The third kappa shape index (κ3) is 3.95. The number of ether oxygens (including phenoxy) is 1. The van der Waals surface area contributed by atoms with Gasteiger partial charge in [-0.05, 0) is 44.1 Å². The van der Waals surface area contributed by atoms with E-state index in [2.05, 4.69) is 9.69 Å². The first-order valence-electron chi connectivity index (χ1n) is 7.59. The third-order valence-corrected chi connectivity index (χ3v) is 4.79. The molecule has 0 spiro atoms. The number of nitrogens with one attached hydrogen (secondary N) is 1. The summed E-state index contributed by atoms with van der Waals surface area (Å²) in [5, 5.41) is 4.21. The predicted molar refractivity (Wildman–Crippen MR) is 82.5 cm³/mol. The van der Waals surface area contributed by atoms with E-state index in [9.17, 15) is 4.79 Å². The molecule has 1 saturated carbocycles. The van der Waals surface area contributed by atoms with Crippen LogP contribution in [-0.4, -0.2) is 23.5 Å². The minimum Gasteiger partial charge on any atom is -0.462 e. The van der Waals surface area contributed by atoms with Crippen molar-refractivity contribution in [1.82, 2.24) is 4.37 Å². The zero-order chi connectivity index (χ0) is 14.4. The Morgan fingerprint density at radius 3 is 2.90 bits per heavy atom. The van der Waals surface area contributed by atoms with Gasteiger partial charge in [-0.2, -0.15) is 4.37 Å². The zero-order valence-electron chi connectivity index (χ0n) is 12.4. The Bertz CT molecular complexity index is 439. The van der Waals surface area contributed by atoms with Gasteiger partial charge in [0.15, 0.2) is 0 Å². The minimum atomic E-state index is -0.267. The van der Waals surface area contributed by atoms with Gasteiger partial charge in [-0.1, -0.05) is 25.7 Å². The number of carbonyl (C=O) groups excluding carboxylic acids is 1. The molecule has 0 amide bonds. The van der Waals surface area contributed by atoms with Crippen LogP contribution in [0.25, 0.3) is 0 Å². The van der Waals surface area contributed by atoms with Gasteiger partial charge in [-0.15, -0.1) is 0 Å². The van der Waals surface area contributed by atoms with Crippen molar-refractivity contribution in [1.29, 1.82) is 0 Å². The summed E-state index contributed by atoms with van der Waals surface area (Å²) in [6, 6.07) is 0. The summed E-state index contributed by atoms with van der Waals surface area (Å²) in [6.45, 7) is 4.98. The van der Waals surface area contributed by atoms with E-state index >= 15 is 0 Å².